The molecule has 1 amide bonds. The van der Waals surface area contributed by atoms with Crippen molar-refractivity contribution in [3.05, 3.63) is 65.2 Å². The summed E-state index contributed by atoms with van der Waals surface area (Å²) in [5.74, 6) is 0.211. The number of hydrazine groups is 1. The van der Waals surface area contributed by atoms with Crippen LogP contribution in [0, 0.1) is 13.8 Å². The van der Waals surface area contributed by atoms with Gasteiger partial charge in [0.1, 0.15) is 6.04 Å². The molecule has 27 heavy (non-hydrogen) atoms. The van der Waals surface area contributed by atoms with E-state index in [9.17, 15) is 4.79 Å². The minimum Gasteiger partial charge on any atom is -0.368 e. The first-order valence-corrected chi connectivity index (χ1v) is 9.79. The normalized spacial score (nSPS) is 22.9. The zero-order valence-corrected chi connectivity index (χ0v) is 16.1. The van der Waals surface area contributed by atoms with Crippen LogP contribution >= 0.6 is 0 Å². The summed E-state index contributed by atoms with van der Waals surface area (Å²) in [6.07, 6.45) is 0.793. The van der Waals surface area contributed by atoms with Crippen LogP contribution in [0.15, 0.2) is 48.5 Å². The standard InChI is InChI=1S/C22H28N4O/c1-16-8-9-19(17(2)14-16)20-15-21(24-23-20)22(27)26-12-10-25(11-13-26)18-6-4-3-5-7-18/h3-9,14,20-21,23-24H,10-13,15H2,1-2H3. The Labute approximate surface area is 161 Å². The Morgan fingerprint density at radius 1 is 0.963 bits per heavy atom. The van der Waals surface area contributed by atoms with Crippen molar-refractivity contribution < 1.29 is 4.79 Å². The second-order valence-electron chi connectivity index (χ2n) is 7.64. The van der Waals surface area contributed by atoms with Crippen molar-refractivity contribution in [2.45, 2.75) is 32.4 Å². The van der Waals surface area contributed by atoms with Gasteiger partial charge in [0.15, 0.2) is 0 Å². The molecule has 2 aromatic rings. The molecule has 5 heteroatoms. The van der Waals surface area contributed by atoms with E-state index in [-0.39, 0.29) is 18.0 Å². The van der Waals surface area contributed by atoms with Crippen molar-refractivity contribution in [1.29, 1.82) is 0 Å². The second-order valence-corrected chi connectivity index (χ2v) is 7.64. The van der Waals surface area contributed by atoms with Gasteiger partial charge in [-0.2, -0.15) is 0 Å². The first-order valence-electron chi connectivity index (χ1n) is 9.79. The molecule has 2 N–H and O–H groups in total. The number of carbonyl (C=O) groups is 1. The van der Waals surface area contributed by atoms with Crippen molar-refractivity contribution >= 4 is 11.6 Å². The van der Waals surface area contributed by atoms with E-state index in [4.69, 9.17) is 0 Å². The summed E-state index contributed by atoms with van der Waals surface area (Å²) in [7, 11) is 0. The highest BCUT2D eigenvalue weighted by atomic mass is 16.2. The van der Waals surface area contributed by atoms with E-state index in [1.807, 2.05) is 11.0 Å². The van der Waals surface area contributed by atoms with Crippen LogP contribution in [0.4, 0.5) is 5.69 Å². The third-order valence-corrected chi connectivity index (χ3v) is 5.71. The summed E-state index contributed by atoms with van der Waals surface area (Å²) in [6.45, 7) is 7.58. The summed E-state index contributed by atoms with van der Waals surface area (Å²) >= 11 is 0. The molecule has 0 bridgehead atoms. The lowest BCUT2D eigenvalue weighted by atomic mass is 9.96. The molecule has 2 fully saturated rings. The maximum atomic E-state index is 13.0. The van der Waals surface area contributed by atoms with Crippen LogP contribution < -0.4 is 15.8 Å². The van der Waals surface area contributed by atoms with Crippen LogP contribution in [0.3, 0.4) is 0 Å². The van der Waals surface area contributed by atoms with Gasteiger partial charge in [-0.25, -0.2) is 10.9 Å². The molecule has 0 saturated carbocycles. The van der Waals surface area contributed by atoms with E-state index in [0.29, 0.717) is 0 Å². The van der Waals surface area contributed by atoms with Crippen LogP contribution in [0.25, 0.3) is 0 Å². The molecular weight excluding hydrogens is 336 g/mol. The van der Waals surface area contributed by atoms with E-state index >= 15 is 0 Å². The van der Waals surface area contributed by atoms with Gasteiger partial charge in [-0.05, 0) is 43.5 Å². The number of nitrogens with one attached hydrogen (secondary N) is 2. The number of amides is 1. The number of hydrogen-bond acceptors (Lipinski definition) is 4. The van der Waals surface area contributed by atoms with Crippen LogP contribution in [0.2, 0.25) is 0 Å². The van der Waals surface area contributed by atoms with Gasteiger partial charge in [0, 0.05) is 37.9 Å². The second kappa shape index (κ2) is 7.71. The molecule has 0 aliphatic carbocycles. The molecule has 2 saturated heterocycles. The number of aryl methyl sites for hydroxylation is 2. The number of hydrogen-bond donors (Lipinski definition) is 2. The maximum absolute atomic E-state index is 13.0. The Bertz CT molecular complexity index is 799. The Balaban J connectivity index is 1.34. The van der Waals surface area contributed by atoms with E-state index in [2.05, 4.69) is 72.1 Å². The lowest BCUT2D eigenvalue weighted by Gasteiger charge is -2.37. The number of anilines is 1. The fourth-order valence-electron chi connectivity index (χ4n) is 4.18. The first kappa shape index (κ1) is 18.0. The van der Waals surface area contributed by atoms with Gasteiger partial charge in [0.25, 0.3) is 0 Å². The monoisotopic (exact) mass is 364 g/mol. The molecule has 5 nitrogen and oxygen atoms in total. The van der Waals surface area contributed by atoms with Crippen molar-refractivity contribution in [2.24, 2.45) is 0 Å². The smallest absolute Gasteiger partial charge is 0.241 e. The zero-order valence-electron chi connectivity index (χ0n) is 16.1. The van der Waals surface area contributed by atoms with Crippen molar-refractivity contribution in [3.8, 4) is 0 Å². The third-order valence-electron chi connectivity index (χ3n) is 5.71. The summed E-state index contributed by atoms with van der Waals surface area (Å²) in [5, 5.41) is 0. The SMILES string of the molecule is Cc1ccc(C2CC(C(=O)N3CCN(c4ccccc4)CC3)NN2)c(C)c1. The molecule has 142 valence electrons. The lowest BCUT2D eigenvalue weighted by Crippen LogP contribution is -2.53. The van der Waals surface area contributed by atoms with Crippen LogP contribution in [0.1, 0.15) is 29.2 Å². The fourth-order valence-corrected chi connectivity index (χ4v) is 4.18. The molecule has 2 aliphatic rings. The highest BCUT2D eigenvalue weighted by Crippen LogP contribution is 2.27. The average Bonchev–Trinajstić information content (AvgIpc) is 3.18. The summed E-state index contributed by atoms with van der Waals surface area (Å²) in [6, 6.07) is 17.0. The molecule has 2 aromatic carbocycles. The quantitative estimate of drug-likeness (QED) is 0.879. The largest absolute Gasteiger partial charge is 0.368 e. The van der Waals surface area contributed by atoms with E-state index in [0.717, 1.165) is 32.6 Å². The van der Waals surface area contributed by atoms with E-state index in [1.54, 1.807) is 0 Å². The Hall–Kier alpha value is -2.37. The lowest BCUT2D eigenvalue weighted by molar-refractivity contribution is -0.133. The van der Waals surface area contributed by atoms with E-state index < -0.39 is 0 Å². The van der Waals surface area contributed by atoms with Gasteiger partial charge in [-0.1, -0.05) is 42.0 Å². The summed E-state index contributed by atoms with van der Waals surface area (Å²) in [4.78, 5) is 17.3. The van der Waals surface area contributed by atoms with Crippen LogP contribution in [0.5, 0.6) is 0 Å². The topological polar surface area (TPSA) is 47.6 Å². The summed E-state index contributed by atoms with van der Waals surface area (Å²) < 4.78 is 0. The predicted octanol–water partition coefficient (Wildman–Crippen LogP) is 2.56. The number of carbonyl (C=O) groups excluding carboxylic acids is 1. The van der Waals surface area contributed by atoms with Gasteiger partial charge < -0.3 is 9.80 Å². The molecule has 2 unspecified atom stereocenters. The first-order chi connectivity index (χ1) is 13.1. The highest BCUT2D eigenvalue weighted by molar-refractivity contribution is 5.82. The van der Waals surface area contributed by atoms with Crippen LogP contribution in [-0.4, -0.2) is 43.0 Å². The van der Waals surface area contributed by atoms with Crippen molar-refractivity contribution in [1.82, 2.24) is 15.8 Å². The number of benzene rings is 2. The highest BCUT2D eigenvalue weighted by Gasteiger charge is 2.34. The fraction of sp³-hybridized carbons (Fsp3) is 0.409. The number of nitrogens with zero attached hydrogens (tertiary/aromatic N) is 2. The zero-order chi connectivity index (χ0) is 18.8. The van der Waals surface area contributed by atoms with Gasteiger partial charge in [0.05, 0.1) is 0 Å². The number of rotatable bonds is 3. The van der Waals surface area contributed by atoms with Gasteiger partial charge in [-0.3, -0.25) is 4.79 Å². The molecule has 2 heterocycles. The molecule has 2 atom stereocenters. The average molecular weight is 364 g/mol. The Morgan fingerprint density at radius 2 is 1.70 bits per heavy atom. The predicted molar refractivity (Wildman–Crippen MR) is 109 cm³/mol. The minimum atomic E-state index is -0.154. The molecule has 0 aromatic heterocycles. The van der Waals surface area contributed by atoms with Crippen molar-refractivity contribution in [3.63, 3.8) is 0 Å². The van der Waals surface area contributed by atoms with E-state index in [1.165, 1.54) is 22.4 Å². The van der Waals surface area contributed by atoms with Gasteiger partial charge >= 0.3 is 0 Å². The minimum absolute atomic E-state index is 0.154. The maximum Gasteiger partial charge on any atom is 0.241 e. The number of piperazine rings is 1. The number of para-hydroxylation sites is 1. The van der Waals surface area contributed by atoms with Crippen LogP contribution in [-0.2, 0) is 4.79 Å². The molecule has 2 aliphatic heterocycles. The Morgan fingerprint density at radius 3 is 2.41 bits per heavy atom. The molecule has 4 rings (SSSR count). The van der Waals surface area contributed by atoms with Crippen molar-refractivity contribution in [2.75, 3.05) is 31.1 Å². The molecule has 0 radical (unpaired) electrons. The molecule has 0 spiro atoms. The van der Waals surface area contributed by atoms with Gasteiger partial charge in [-0.15, -0.1) is 0 Å². The summed E-state index contributed by atoms with van der Waals surface area (Å²) in [5.41, 5.74) is 11.6. The Kier molecular flexibility index (Phi) is 5.14. The van der Waals surface area contributed by atoms with Gasteiger partial charge in [0.2, 0.25) is 5.91 Å². The molecular formula is C22H28N4O. The third kappa shape index (κ3) is 3.84.